The molecule has 130 valence electrons. The van der Waals surface area contributed by atoms with Crippen molar-refractivity contribution in [2.24, 2.45) is 5.14 Å². The Bertz CT molecular complexity index is 832. The molecular weight excluding hydrogens is 350 g/mol. The Morgan fingerprint density at radius 3 is 2.67 bits per heavy atom. The number of nitrogens with two attached hydrogens (primary N) is 1. The lowest BCUT2D eigenvalue weighted by molar-refractivity contribution is -0.115. The van der Waals surface area contributed by atoms with E-state index in [1.807, 2.05) is 18.4 Å². The molecule has 0 aliphatic heterocycles. The summed E-state index contributed by atoms with van der Waals surface area (Å²) in [5.74, 6) is -0.273. The minimum absolute atomic E-state index is 0.0554. The third-order valence-corrected chi connectivity index (χ3v) is 5.16. The minimum atomic E-state index is -3.82. The van der Waals surface area contributed by atoms with E-state index in [4.69, 9.17) is 5.14 Å². The van der Waals surface area contributed by atoms with Gasteiger partial charge in [-0.25, -0.2) is 13.6 Å². The van der Waals surface area contributed by atoms with Gasteiger partial charge in [0, 0.05) is 11.7 Å². The number of hydrogen-bond acceptors (Lipinski definition) is 6. The highest BCUT2D eigenvalue weighted by atomic mass is 32.2. The van der Waals surface area contributed by atoms with Crippen molar-refractivity contribution in [3.63, 3.8) is 0 Å². The summed E-state index contributed by atoms with van der Waals surface area (Å²) in [7, 11) is -3.82. The number of anilines is 1. The van der Waals surface area contributed by atoms with Gasteiger partial charge in [-0.2, -0.15) is 0 Å². The highest BCUT2D eigenvalue weighted by molar-refractivity contribution is 8.00. The lowest BCUT2D eigenvalue weighted by Gasteiger charge is -2.14. The molecule has 0 saturated carbocycles. The maximum absolute atomic E-state index is 12.3. The monoisotopic (exact) mass is 369 g/mol. The lowest BCUT2D eigenvalue weighted by Crippen LogP contribution is -2.23. The van der Waals surface area contributed by atoms with Crippen molar-refractivity contribution in [3.8, 4) is 0 Å². The predicted octanol–water partition coefficient (Wildman–Crippen LogP) is 1.63. The zero-order valence-electron chi connectivity index (χ0n) is 13.5. The normalized spacial score (nSPS) is 13.0. The van der Waals surface area contributed by atoms with E-state index in [1.165, 1.54) is 30.0 Å². The van der Waals surface area contributed by atoms with Crippen LogP contribution in [0.3, 0.4) is 0 Å². The Morgan fingerprint density at radius 2 is 2.04 bits per heavy atom. The summed E-state index contributed by atoms with van der Waals surface area (Å²) < 4.78 is 24.6. The van der Waals surface area contributed by atoms with Gasteiger partial charge in [-0.1, -0.05) is 17.8 Å². The number of thioether (sulfide) groups is 1. The minimum Gasteiger partial charge on any atom is -0.325 e. The molecule has 1 heterocycles. The van der Waals surface area contributed by atoms with Crippen LogP contribution in [0.25, 0.3) is 0 Å². The summed E-state index contributed by atoms with van der Waals surface area (Å²) in [5, 5.41) is 15.8. The quantitative estimate of drug-likeness (QED) is 0.747. The van der Waals surface area contributed by atoms with E-state index >= 15 is 0 Å². The highest BCUT2D eigenvalue weighted by Gasteiger charge is 2.19. The number of benzene rings is 1. The molecule has 0 aliphatic rings. The van der Waals surface area contributed by atoms with Crippen LogP contribution in [-0.4, -0.2) is 34.3 Å². The fraction of sp³-hybridized carbons (Fsp3) is 0.357. The third-order valence-electron chi connectivity index (χ3n) is 3.18. The second kappa shape index (κ2) is 7.32. The van der Waals surface area contributed by atoms with Crippen molar-refractivity contribution in [2.75, 3.05) is 5.32 Å². The van der Waals surface area contributed by atoms with Crippen molar-refractivity contribution in [3.05, 3.63) is 30.6 Å². The molecule has 0 unspecified atom stereocenters. The maximum Gasteiger partial charge on any atom is 0.238 e. The second-order valence-corrected chi connectivity index (χ2v) is 8.31. The van der Waals surface area contributed by atoms with Crippen LogP contribution in [-0.2, 0) is 14.8 Å². The van der Waals surface area contributed by atoms with Crippen molar-refractivity contribution in [1.82, 2.24) is 14.8 Å². The van der Waals surface area contributed by atoms with Gasteiger partial charge in [0.05, 0.1) is 10.1 Å². The number of hydrogen-bond donors (Lipinski definition) is 2. The summed E-state index contributed by atoms with van der Waals surface area (Å²) in [6.45, 7) is 5.73. The first-order valence-electron chi connectivity index (χ1n) is 7.18. The molecule has 3 N–H and O–H groups in total. The van der Waals surface area contributed by atoms with Gasteiger partial charge in [0.1, 0.15) is 6.33 Å². The largest absolute Gasteiger partial charge is 0.325 e. The summed E-state index contributed by atoms with van der Waals surface area (Å²) >= 11 is 1.28. The average molecular weight is 369 g/mol. The molecule has 10 heteroatoms. The summed E-state index contributed by atoms with van der Waals surface area (Å²) in [6.07, 6.45) is 1.62. The van der Waals surface area contributed by atoms with Gasteiger partial charge in [-0.3, -0.25) is 4.79 Å². The molecule has 2 aromatic rings. The van der Waals surface area contributed by atoms with Crippen LogP contribution in [0.2, 0.25) is 0 Å². The van der Waals surface area contributed by atoms with Gasteiger partial charge in [0.2, 0.25) is 15.9 Å². The predicted molar refractivity (Wildman–Crippen MR) is 92.2 cm³/mol. The summed E-state index contributed by atoms with van der Waals surface area (Å²) in [6, 6.07) is 5.99. The Morgan fingerprint density at radius 1 is 1.33 bits per heavy atom. The smallest absolute Gasteiger partial charge is 0.238 e. The standard InChI is InChI=1S/C14H19N5O3S2/c1-9(2)19-8-16-18-14(19)23-10(3)13(20)17-11-5-4-6-12(7-11)24(15,21)22/h4-10H,1-3H3,(H,17,20)(H2,15,21,22)/t10-/m0/s1. The Balaban J connectivity index is 2.08. The molecule has 24 heavy (non-hydrogen) atoms. The van der Waals surface area contributed by atoms with Gasteiger partial charge in [0.25, 0.3) is 0 Å². The molecular formula is C14H19N5O3S2. The van der Waals surface area contributed by atoms with Crippen molar-refractivity contribution in [1.29, 1.82) is 0 Å². The third kappa shape index (κ3) is 4.56. The number of sulfonamides is 1. The number of carbonyl (C=O) groups excluding carboxylic acids is 1. The molecule has 0 spiro atoms. The average Bonchev–Trinajstić information content (AvgIpc) is 2.95. The Hall–Kier alpha value is -1.91. The molecule has 1 atom stereocenters. The fourth-order valence-electron chi connectivity index (χ4n) is 1.88. The molecule has 0 saturated heterocycles. The SMILES string of the molecule is CC(C)n1cnnc1S[C@@H](C)C(=O)Nc1cccc(S(N)(=O)=O)c1. The van der Waals surface area contributed by atoms with E-state index in [1.54, 1.807) is 19.3 Å². The topological polar surface area (TPSA) is 120 Å². The molecule has 0 aliphatic carbocycles. The van der Waals surface area contributed by atoms with Crippen LogP contribution in [0.5, 0.6) is 0 Å². The zero-order chi connectivity index (χ0) is 17.9. The van der Waals surface area contributed by atoms with Crippen LogP contribution in [0.4, 0.5) is 5.69 Å². The van der Waals surface area contributed by atoms with Crippen molar-refractivity contribution >= 4 is 33.4 Å². The number of rotatable bonds is 6. The van der Waals surface area contributed by atoms with Crippen LogP contribution in [0.15, 0.2) is 40.6 Å². The van der Waals surface area contributed by atoms with E-state index in [0.29, 0.717) is 10.8 Å². The molecule has 1 amide bonds. The maximum atomic E-state index is 12.3. The second-order valence-electron chi connectivity index (χ2n) is 5.44. The lowest BCUT2D eigenvalue weighted by atomic mass is 10.3. The number of amides is 1. The Kier molecular flexibility index (Phi) is 5.62. The van der Waals surface area contributed by atoms with Gasteiger partial charge < -0.3 is 9.88 Å². The fourth-order valence-corrected chi connectivity index (χ4v) is 3.39. The van der Waals surface area contributed by atoms with Gasteiger partial charge in [-0.05, 0) is 39.0 Å². The van der Waals surface area contributed by atoms with Gasteiger partial charge >= 0.3 is 0 Å². The summed E-state index contributed by atoms with van der Waals surface area (Å²) in [4.78, 5) is 12.3. The van der Waals surface area contributed by atoms with Crippen LogP contribution < -0.4 is 10.5 Å². The molecule has 8 nitrogen and oxygen atoms in total. The van der Waals surface area contributed by atoms with E-state index in [9.17, 15) is 13.2 Å². The van der Waals surface area contributed by atoms with E-state index < -0.39 is 15.3 Å². The molecule has 2 rings (SSSR count). The van der Waals surface area contributed by atoms with E-state index in [0.717, 1.165) is 0 Å². The van der Waals surface area contributed by atoms with Crippen molar-refractivity contribution in [2.45, 2.75) is 42.1 Å². The molecule has 0 fully saturated rings. The first-order valence-corrected chi connectivity index (χ1v) is 9.61. The van der Waals surface area contributed by atoms with Gasteiger partial charge in [0.15, 0.2) is 5.16 Å². The highest BCUT2D eigenvalue weighted by Crippen LogP contribution is 2.24. The summed E-state index contributed by atoms with van der Waals surface area (Å²) in [5.41, 5.74) is 0.365. The molecule has 1 aromatic heterocycles. The zero-order valence-corrected chi connectivity index (χ0v) is 15.1. The van der Waals surface area contributed by atoms with Crippen LogP contribution >= 0.6 is 11.8 Å². The number of aromatic nitrogens is 3. The first kappa shape index (κ1) is 18.4. The Labute approximate surface area is 144 Å². The molecule has 0 bridgehead atoms. The number of nitrogens with zero attached hydrogens (tertiary/aromatic N) is 3. The van der Waals surface area contributed by atoms with Crippen LogP contribution in [0, 0.1) is 0 Å². The van der Waals surface area contributed by atoms with Crippen molar-refractivity contribution < 1.29 is 13.2 Å². The molecule has 0 radical (unpaired) electrons. The molecule has 1 aromatic carbocycles. The first-order chi connectivity index (χ1) is 11.2. The number of primary sulfonamides is 1. The number of carbonyl (C=O) groups is 1. The number of nitrogens with one attached hydrogen (secondary N) is 1. The van der Waals surface area contributed by atoms with E-state index in [2.05, 4.69) is 15.5 Å². The van der Waals surface area contributed by atoms with E-state index in [-0.39, 0.29) is 16.8 Å². The van der Waals surface area contributed by atoms with Gasteiger partial charge in [-0.15, -0.1) is 10.2 Å². The van der Waals surface area contributed by atoms with Crippen LogP contribution in [0.1, 0.15) is 26.8 Å².